The van der Waals surface area contributed by atoms with Gasteiger partial charge in [-0.2, -0.15) is 0 Å². The highest BCUT2D eigenvalue weighted by atomic mass is 32.2. The maximum Gasteiger partial charge on any atom is 0.238 e. The van der Waals surface area contributed by atoms with Gasteiger partial charge in [-0.15, -0.1) is 13.2 Å². The van der Waals surface area contributed by atoms with Gasteiger partial charge in [0, 0.05) is 33.1 Å². The van der Waals surface area contributed by atoms with Gasteiger partial charge in [-0.05, 0) is 57.7 Å². The molecule has 1 fully saturated rings. The molecule has 1 amide bonds. The SMILES string of the molecule is C=C.C=C(C[C@H](NS(=O)(=O)CC)C(=O)NCc1ncc(-c2ccc(C)cc2F)[nH]1)N1CCCC[C@@H]1C.CC.CC.[HH].[HH]. The van der Waals surface area contributed by atoms with Gasteiger partial charge in [0.15, 0.2) is 0 Å². The first-order valence-corrected chi connectivity index (χ1v) is 15.8. The number of likely N-dealkylation sites (tertiary alicyclic amines) is 1. The van der Waals surface area contributed by atoms with Crippen LogP contribution in [0.15, 0.2) is 49.8 Å². The Labute approximate surface area is 244 Å². The average molecular weight is 584 g/mol. The summed E-state index contributed by atoms with van der Waals surface area (Å²) in [5, 5.41) is 2.74. The van der Waals surface area contributed by atoms with Crippen molar-refractivity contribution in [2.24, 2.45) is 0 Å². The van der Waals surface area contributed by atoms with Crippen molar-refractivity contribution >= 4 is 15.9 Å². The van der Waals surface area contributed by atoms with Crippen LogP contribution in [0.4, 0.5) is 4.39 Å². The Balaban J connectivity index is -0.00000178. The number of piperidine rings is 1. The lowest BCUT2D eigenvalue weighted by Crippen LogP contribution is -2.48. The van der Waals surface area contributed by atoms with Crippen molar-refractivity contribution in [2.45, 2.75) is 92.8 Å². The lowest BCUT2D eigenvalue weighted by Gasteiger charge is -2.37. The van der Waals surface area contributed by atoms with Gasteiger partial charge in [0.25, 0.3) is 0 Å². The Morgan fingerprint density at radius 1 is 1.25 bits per heavy atom. The van der Waals surface area contributed by atoms with Crippen LogP contribution in [0.5, 0.6) is 0 Å². The molecule has 10 heteroatoms. The first kappa shape index (κ1) is 37.0. The molecule has 0 unspecified atom stereocenters. The van der Waals surface area contributed by atoms with Crippen LogP contribution >= 0.6 is 0 Å². The van der Waals surface area contributed by atoms with E-state index in [2.05, 4.69) is 51.6 Å². The van der Waals surface area contributed by atoms with Crippen molar-refractivity contribution in [1.82, 2.24) is 24.9 Å². The number of halogens is 1. The molecule has 8 nitrogen and oxygen atoms in total. The van der Waals surface area contributed by atoms with E-state index in [9.17, 15) is 17.6 Å². The maximum absolute atomic E-state index is 14.3. The lowest BCUT2D eigenvalue weighted by atomic mass is 10.0. The van der Waals surface area contributed by atoms with Crippen molar-refractivity contribution in [3.8, 4) is 11.3 Å². The quantitative estimate of drug-likeness (QED) is 0.274. The fraction of sp³-hybridized carbons (Fsp3) is 0.533. The van der Waals surface area contributed by atoms with E-state index < -0.39 is 22.0 Å². The van der Waals surface area contributed by atoms with Gasteiger partial charge in [-0.1, -0.05) is 40.3 Å². The summed E-state index contributed by atoms with van der Waals surface area (Å²) < 4.78 is 41.2. The number of benzene rings is 1. The standard InChI is InChI=1S/C24H34FN5O3S.2C2H6.C2H4.2H2/c1-5-34(32,33)29-21(13-18(4)30-11-7-6-8-17(30)3)24(31)27-15-23-26-14-22(28-23)19-10-9-16(2)12-20(19)25;3*1-2;;/h9-10,12,14,17,21,29H,4-8,11,13,15H2,1-3H3,(H,26,28)(H,27,31);2*1-2H3;1-2H2;2*1H/t17-,21-;;;;;/m0...../s1. The number of sulfonamides is 1. The molecule has 0 bridgehead atoms. The van der Waals surface area contributed by atoms with Crippen LogP contribution in [-0.4, -0.2) is 53.6 Å². The third kappa shape index (κ3) is 11.6. The smallest absolute Gasteiger partial charge is 0.238 e. The summed E-state index contributed by atoms with van der Waals surface area (Å²) in [5.74, 6) is -0.530. The van der Waals surface area contributed by atoms with E-state index in [1.165, 1.54) is 19.2 Å². The summed E-state index contributed by atoms with van der Waals surface area (Å²) in [6, 6.07) is 4.23. The summed E-state index contributed by atoms with van der Waals surface area (Å²) >= 11 is 0. The van der Waals surface area contributed by atoms with Gasteiger partial charge in [0.1, 0.15) is 17.7 Å². The number of aromatic amines is 1. The van der Waals surface area contributed by atoms with Crippen LogP contribution in [0.1, 0.15) is 81.5 Å². The maximum atomic E-state index is 14.3. The van der Waals surface area contributed by atoms with E-state index in [0.717, 1.165) is 37.1 Å². The number of nitrogens with one attached hydrogen (secondary N) is 3. The number of carbonyl (C=O) groups is 1. The van der Waals surface area contributed by atoms with Gasteiger partial charge < -0.3 is 15.2 Å². The zero-order valence-corrected chi connectivity index (χ0v) is 26.3. The number of imidazole rings is 1. The number of nitrogens with zero attached hydrogens (tertiary/aromatic N) is 2. The second-order valence-corrected chi connectivity index (χ2v) is 10.9. The Hall–Kier alpha value is -2.98. The third-order valence-electron chi connectivity index (χ3n) is 6.14. The first-order valence-electron chi connectivity index (χ1n) is 14.1. The van der Waals surface area contributed by atoms with Gasteiger partial charge in [0.2, 0.25) is 15.9 Å². The monoisotopic (exact) mass is 583 g/mol. The van der Waals surface area contributed by atoms with Crippen LogP contribution in [-0.2, 0) is 21.4 Å². The highest BCUT2D eigenvalue weighted by Gasteiger charge is 2.28. The minimum absolute atomic E-state index is 0. The Morgan fingerprint density at radius 2 is 1.90 bits per heavy atom. The number of amides is 1. The molecule has 1 saturated heterocycles. The summed E-state index contributed by atoms with van der Waals surface area (Å²) in [4.78, 5) is 22.4. The summed E-state index contributed by atoms with van der Waals surface area (Å²) in [6.07, 6.45) is 4.91. The molecule has 0 radical (unpaired) electrons. The van der Waals surface area contributed by atoms with E-state index in [1.54, 1.807) is 12.1 Å². The molecule has 0 saturated carbocycles. The summed E-state index contributed by atoms with van der Waals surface area (Å²) in [6.45, 7) is 24.5. The van der Waals surface area contributed by atoms with Crippen molar-refractivity contribution in [1.29, 1.82) is 0 Å². The van der Waals surface area contributed by atoms with Crippen LogP contribution < -0.4 is 10.0 Å². The van der Waals surface area contributed by atoms with Crippen LogP contribution in [0, 0.1) is 12.7 Å². The second kappa shape index (κ2) is 19.2. The molecule has 2 atom stereocenters. The molecule has 2 heterocycles. The number of hydrogen-bond donors (Lipinski definition) is 3. The van der Waals surface area contributed by atoms with E-state index in [-0.39, 0.29) is 27.4 Å². The molecule has 40 heavy (non-hydrogen) atoms. The van der Waals surface area contributed by atoms with Crippen LogP contribution in [0.3, 0.4) is 0 Å². The number of aromatic nitrogens is 2. The van der Waals surface area contributed by atoms with E-state index >= 15 is 0 Å². The summed E-state index contributed by atoms with van der Waals surface area (Å²) in [7, 11) is -3.61. The molecule has 1 aromatic carbocycles. The normalized spacial score (nSPS) is 15.2. The third-order valence-corrected chi connectivity index (χ3v) is 7.54. The molecular formula is C30H54FN5O3S. The molecule has 1 aliphatic heterocycles. The van der Waals surface area contributed by atoms with Crippen molar-refractivity contribution in [2.75, 3.05) is 12.3 Å². The van der Waals surface area contributed by atoms with Crippen LogP contribution in [0.25, 0.3) is 11.3 Å². The zero-order chi connectivity index (χ0) is 30.9. The number of aryl methyl sites for hydroxylation is 1. The van der Waals surface area contributed by atoms with E-state index in [1.807, 2.05) is 34.6 Å². The molecule has 0 spiro atoms. The molecule has 3 rings (SSSR count). The van der Waals surface area contributed by atoms with Crippen molar-refractivity contribution < 1.29 is 20.5 Å². The Morgan fingerprint density at radius 3 is 2.48 bits per heavy atom. The van der Waals surface area contributed by atoms with Crippen molar-refractivity contribution in [3.05, 3.63) is 67.0 Å². The molecule has 3 N–H and O–H groups in total. The average Bonchev–Trinajstić information content (AvgIpc) is 3.43. The van der Waals surface area contributed by atoms with Crippen molar-refractivity contribution in [3.63, 3.8) is 0 Å². The molecule has 1 aromatic heterocycles. The second-order valence-electron chi connectivity index (χ2n) is 8.83. The highest BCUT2D eigenvalue weighted by Crippen LogP contribution is 2.24. The van der Waals surface area contributed by atoms with E-state index in [4.69, 9.17) is 0 Å². The zero-order valence-electron chi connectivity index (χ0n) is 25.4. The minimum atomic E-state index is -3.61. The topological polar surface area (TPSA) is 107 Å². The van der Waals surface area contributed by atoms with Gasteiger partial charge in [-0.25, -0.2) is 22.5 Å². The predicted octanol–water partition coefficient (Wildman–Crippen LogP) is 6.57. The fourth-order valence-corrected chi connectivity index (χ4v) is 4.92. The van der Waals surface area contributed by atoms with Gasteiger partial charge in [-0.3, -0.25) is 4.79 Å². The number of rotatable bonds is 10. The number of H-pyrrole nitrogens is 1. The van der Waals surface area contributed by atoms with E-state index in [0.29, 0.717) is 23.1 Å². The first-order chi connectivity index (χ1) is 19.1. The Bertz CT molecular complexity index is 1160. The lowest BCUT2D eigenvalue weighted by molar-refractivity contribution is -0.123. The van der Waals surface area contributed by atoms with Gasteiger partial charge >= 0.3 is 0 Å². The molecule has 0 aliphatic carbocycles. The predicted molar refractivity (Wildman–Crippen MR) is 169 cm³/mol. The molecule has 2 aromatic rings. The summed E-state index contributed by atoms with van der Waals surface area (Å²) in [5.41, 5.74) is 2.43. The number of hydrogen-bond acceptors (Lipinski definition) is 5. The molecule has 230 valence electrons. The highest BCUT2D eigenvalue weighted by molar-refractivity contribution is 7.89. The fourth-order valence-electron chi connectivity index (χ4n) is 4.13. The van der Waals surface area contributed by atoms with Gasteiger partial charge in [0.05, 0.1) is 24.2 Å². The molecular weight excluding hydrogens is 529 g/mol. The Kier molecular flexibility index (Phi) is 17.7. The van der Waals surface area contributed by atoms with Crippen LogP contribution in [0.2, 0.25) is 0 Å². The number of carbonyl (C=O) groups excluding carboxylic acids is 1. The minimum Gasteiger partial charge on any atom is -0.373 e. The molecule has 1 aliphatic rings. The largest absolute Gasteiger partial charge is 0.373 e.